The number of rotatable bonds is 7. The molecule has 0 amide bonds. The minimum Gasteiger partial charge on any atom is -0.377 e. The molecular weight excluding hydrogens is 391 g/mol. The number of nitrogens with zero attached hydrogens (tertiary/aromatic N) is 2. The number of halogens is 1. The summed E-state index contributed by atoms with van der Waals surface area (Å²) >= 11 is 0. The molecule has 5 nitrogen and oxygen atoms in total. The number of hydrogen-bond donors (Lipinski definition) is 2. The Balaban J connectivity index is 0.00000242. The predicted octanol–water partition coefficient (Wildman–Crippen LogP) is 2.40. The van der Waals surface area contributed by atoms with Gasteiger partial charge < -0.3 is 19.9 Å². The largest absolute Gasteiger partial charge is 0.377 e. The van der Waals surface area contributed by atoms with Crippen molar-refractivity contribution in [2.24, 2.45) is 4.99 Å². The molecule has 0 radical (unpaired) electrons. The summed E-state index contributed by atoms with van der Waals surface area (Å²) in [5.41, 5.74) is 1.47. The zero-order valence-electron chi connectivity index (χ0n) is 13.3. The summed E-state index contributed by atoms with van der Waals surface area (Å²) in [5.74, 6) is 0.900. The van der Waals surface area contributed by atoms with Gasteiger partial charge in [0.2, 0.25) is 0 Å². The maximum atomic E-state index is 5.31. The molecule has 22 heavy (non-hydrogen) atoms. The minimum absolute atomic E-state index is 0. The van der Waals surface area contributed by atoms with Gasteiger partial charge >= 0.3 is 0 Å². The van der Waals surface area contributed by atoms with Gasteiger partial charge in [0.05, 0.1) is 13.2 Å². The molecule has 1 aromatic rings. The second kappa shape index (κ2) is 11.5. The molecule has 124 valence electrons. The fraction of sp³-hybridized carbons (Fsp3) is 0.562. The maximum Gasteiger partial charge on any atom is 0.191 e. The van der Waals surface area contributed by atoms with E-state index in [-0.39, 0.29) is 24.0 Å². The first kappa shape index (κ1) is 19.0. The zero-order chi connectivity index (χ0) is 14.8. The van der Waals surface area contributed by atoms with Gasteiger partial charge in [-0.25, -0.2) is 0 Å². The lowest BCUT2D eigenvalue weighted by molar-refractivity contribution is 0.153. The SMILES string of the molecule is CCNC(=NCCC1=CCOCC1)NCCn1cccc1.I. The summed E-state index contributed by atoms with van der Waals surface area (Å²) in [7, 11) is 0. The fourth-order valence-electron chi connectivity index (χ4n) is 2.27. The molecule has 6 heteroatoms. The van der Waals surface area contributed by atoms with Crippen LogP contribution in [0.3, 0.4) is 0 Å². The van der Waals surface area contributed by atoms with E-state index >= 15 is 0 Å². The van der Waals surface area contributed by atoms with Crippen molar-refractivity contribution in [1.82, 2.24) is 15.2 Å². The molecule has 0 bridgehead atoms. The quantitative estimate of drug-likeness (QED) is 0.310. The first-order valence-electron chi connectivity index (χ1n) is 7.77. The van der Waals surface area contributed by atoms with Crippen LogP contribution in [0.25, 0.3) is 0 Å². The summed E-state index contributed by atoms with van der Waals surface area (Å²) in [5, 5.41) is 6.66. The summed E-state index contributed by atoms with van der Waals surface area (Å²) in [6.07, 6.45) is 8.41. The first-order valence-corrected chi connectivity index (χ1v) is 7.77. The fourth-order valence-corrected chi connectivity index (χ4v) is 2.27. The van der Waals surface area contributed by atoms with Gasteiger partial charge in [-0.3, -0.25) is 4.99 Å². The number of hydrogen-bond acceptors (Lipinski definition) is 2. The van der Waals surface area contributed by atoms with Gasteiger partial charge in [0.25, 0.3) is 0 Å². The van der Waals surface area contributed by atoms with Crippen molar-refractivity contribution < 1.29 is 4.74 Å². The van der Waals surface area contributed by atoms with Crippen LogP contribution in [0, 0.1) is 0 Å². The van der Waals surface area contributed by atoms with E-state index in [1.807, 2.05) is 12.1 Å². The average molecular weight is 418 g/mol. The molecule has 0 aromatic carbocycles. The number of nitrogens with one attached hydrogen (secondary N) is 2. The Morgan fingerprint density at radius 2 is 2.14 bits per heavy atom. The predicted molar refractivity (Wildman–Crippen MR) is 102 cm³/mol. The molecule has 2 heterocycles. The standard InChI is InChI=1S/C16H26N4O.HI/c1-2-17-16(19-9-12-20-10-3-4-11-20)18-8-5-15-6-13-21-14-7-15;/h3-4,6,10-11H,2,5,7-9,12-14H2,1H3,(H2,17,18,19);1H. The van der Waals surface area contributed by atoms with E-state index in [0.29, 0.717) is 0 Å². The van der Waals surface area contributed by atoms with E-state index in [4.69, 9.17) is 4.74 Å². The van der Waals surface area contributed by atoms with Crippen molar-refractivity contribution in [2.45, 2.75) is 26.3 Å². The molecule has 2 N–H and O–H groups in total. The molecule has 2 rings (SSSR count). The highest BCUT2D eigenvalue weighted by atomic mass is 127. The molecule has 0 fully saturated rings. The van der Waals surface area contributed by atoms with Crippen LogP contribution in [0.15, 0.2) is 41.2 Å². The van der Waals surface area contributed by atoms with Crippen molar-refractivity contribution >= 4 is 29.9 Å². The van der Waals surface area contributed by atoms with Crippen LogP contribution < -0.4 is 10.6 Å². The van der Waals surface area contributed by atoms with Gasteiger partial charge in [-0.2, -0.15) is 0 Å². The Labute approximate surface area is 150 Å². The highest BCUT2D eigenvalue weighted by Gasteiger charge is 2.03. The van der Waals surface area contributed by atoms with Crippen molar-refractivity contribution in [2.75, 3.05) is 32.8 Å². The second-order valence-electron chi connectivity index (χ2n) is 5.05. The van der Waals surface area contributed by atoms with Crippen molar-refractivity contribution in [3.63, 3.8) is 0 Å². The van der Waals surface area contributed by atoms with Gasteiger partial charge in [0.1, 0.15) is 0 Å². The third-order valence-corrected chi connectivity index (χ3v) is 3.43. The zero-order valence-corrected chi connectivity index (χ0v) is 15.6. The van der Waals surface area contributed by atoms with Crippen LogP contribution >= 0.6 is 24.0 Å². The lowest BCUT2D eigenvalue weighted by Gasteiger charge is -2.14. The van der Waals surface area contributed by atoms with Crippen molar-refractivity contribution in [1.29, 1.82) is 0 Å². The van der Waals surface area contributed by atoms with Crippen LogP contribution in [0.5, 0.6) is 0 Å². The van der Waals surface area contributed by atoms with E-state index in [2.05, 4.69) is 45.6 Å². The Morgan fingerprint density at radius 3 is 2.82 bits per heavy atom. The highest BCUT2D eigenvalue weighted by molar-refractivity contribution is 14.0. The van der Waals surface area contributed by atoms with Crippen LogP contribution in [-0.2, 0) is 11.3 Å². The maximum absolute atomic E-state index is 5.31. The Bertz CT molecular complexity index is 457. The molecule has 0 unspecified atom stereocenters. The summed E-state index contributed by atoms with van der Waals surface area (Å²) in [6.45, 7) is 7.22. The van der Waals surface area contributed by atoms with Crippen LogP contribution in [0.4, 0.5) is 0 Å². The number of aromatic nitrogens is 1. The first-order chi connectivity index (χ1) is 10.4. The number of aliphatic imine (C=N–C) groups is 1. The topological polar surface area (TPSA) is 50.6 Å². The Kier molecular flexibility index (Phi) is 9.98. The minimum atomic E-state index is 0. The molecule has 0 aliphatic carbocycles. The van der Waals surface area contributed by atoms with E-state index < -0.39 is 0 Å². The average Bonchev–Trinajstić information content (AvgIpc) is 3.02. The Morgan fingerprint density at radius 1 is 1.32 bits per heavy atom. The molecule has 1 aliphatic heterocycles. The van der Waals surface area contributed by atoms with E-state index in [0.717, 1.165) is 58.2 Å². The van der Waals surface area contributed by atoms with Gasteiger partial charge in [-0.05, 0) is 31.9 Å². The van der Waals surface area contributed by atoms with Crippen LogP contribution in [0.1, 0.15) is 19.8 Å². The monoisotopic (exact) mass is 418 g/mol. The molecule has 1 aliphatic rings. The van der Waals surface area contributed by atoms with E-state index in [9.17, 15) is 0 Å². The van der Waals surface area contributed by atoms with Gasteiger partial charge in [-0.1, -0.05) is 11.6 Å². The van der Waals surface area contributed by atoms with Gasteiger partial charge in [-0.15, -0.1) is 24.0 Å². The molecule has 1 aromatic heterocycles. The second-order valence-corrected chi connectivity index (χ2v) is 5.05. The molecule has 0 saturated carbocycles. The molecular formula is C16H27IN4O. The van der Waals surface area contributed by atoms with Gasteiger partial charge in [0, 0.05) is 38.6 Å². The lowest BCUT2D eigenvalue weighted by atomic mass is 10.1. The third kappa shape index (κ3) is 7.31. The third-order valence-electron chi connectivity index (χ3n) is 3.43. The molecule has 0 spiro atoms. The van der Waals surface area contributed by atoms with Gasteiger partial charge in [0.15, 0.2) is 5.96 Å². The van der Waals surface area contributed by atoms with E-state index in [1.54, 1.807) is 0 Å². The highest BCUT2D eigenvalue weighted by Crippen LogP contribution is 2.11. The smallest absolute Gasteiger partial charge is 0.191 e. The normalized spacial score (nSPS) is 15.0. The number of ether oxygens (including phenoxy) is 1. The summed E-state index contributed by atoms with van der Waals surface area (Å²) in [6, 6.07) is 4.09. The van der Waals surface area contributed by atoms with Crippen LogP contribution in [0.2, 0.25) is 0 Å². The van der Waals surface area contributed by atoms with Crippen molar-refractivity contribution in [3.05, 3.63) is 36.2 Å². The summed E-state index contributed by atoms with van der Waals surface area (Å²) in [4.78, 5) is 4.63. The summed E-state index contributed by atoms with van der Waals surface area (Å²) < 4.78 is 7.47. The van der Waals surface area contributed by atoms with Crippen LogP contribution in [-0.4, -0.2) is 43.4 Å². The lowest BCUT2D eigenvalue weighted by Crippen LogP contribution is -2.38. The van der Waals surface area contributed by atoms with Crippen molar-refractivity contribution in [3.8, 4) is 0 Å². The number of guanidine groups is 1. The van der Waals surface area contributed by atoms with E-state index in [1.165, 1.54) is 5.57 Å². The molecule has 0 atom stereocenters. The Hall–Kier alpha value is -1.02. The molecule has 0 saturated heterocycles.